The van der Waals surface area contributed by atoms with Crippen LogP contribution < -0.4 is 5.01 Å². The van der Waals surface area contributed by atoms with Crippen LogP contribution in [-0.4, -0.2) is 12.8 Å². The Labute approximate surface area is 84.0 Å². The van der Waals surface area contributed by atoms with E-state index in [-0.39, 0.29) is 0 Å². The van der Waals surface area contributed by atoms with Crippen LogP contribution in [0.25, 0.3) is 0 Å². The Morgan fingerprint density at radius 3 is 3.00 bits per heavy atom. The highest BCUT2D eigenvalue weighted by Gasteiger charge is 2.08. The zero-order valence-electron chi connectivity index (χ0n) is 6.53. The van der Waals surface area contributed by atoms with E-state index in [1.165, 1.54) is 15.2 Å². The Hall–Kier alpha value is -0.350. The number of rotatable bonds is 1. The first-order valence-corrected chi connectivity index (χ1v) is 5.52. The lowest BCUT2D eigenvalue weighted by molar-refractivity contribution is 0.757. The molecule has 0 radical (unpaired) electrons. The van der Waals surface area contributed by atoms with Crippen molar-refractivity contribution in [3.8, 4) is 0 Å². The Bertz CT molecular complexity index is 295. The van der Waals surface area contributed by atoms with Gasteiger partial charge in [-0.2, -0.15) is 5.10 Å². The molecule has 1 aliphatic rings. The van der Waals surface area contributed by atoms with E-state index < -0.39 is 0 Å². The van der Waals surface area contributed by atoms with Crippen molar-refractivity contribution >= 4 is 38.5 Å². The van der Waals surface area contributed by atoms with Gasteiger partial charge in [0.25, 0.3) is 0 Å². The van der Waals surface area contributed by atoms with Gasteiger partial charge in [0, 0.05) is 12.8 Å². The fraction of sp³-hybridized carbons (Fsp3) is 0.375. The standard InChI is InChI=1S/C8H9BrN2S/c9-7-3-4-8(12-7)11-6-2-1-5-10-11/h3-5H,1-2,6H2. The van der Waals surface area contributed by atoms with Gasteiger partial charge in [0.1, 0.15) is 5.00 Å². The van der Waals surface area contributed by atoms with Crippen molar-refractivity contribution in [1.29, 1.82) is 0 Å². The highest BCUT2D eigenvalue weighted by Crippen LogP contribution is 2.30. The lowest BCUT2D eigenvalue weighted by Gasteiger charge is -2.19. The van der Waals surface area contributed by atoms with E-state index in [9.17, 15) is 0 Å². The number of anilines is 1. The van der Waals surface area contributed by atoms with E-state index in [2.05, 4.69) is 38.2 Å². The summed E-state index contributed by atoms with van der Waals surface area (Å²) in [6.07, 6.45) is 4.30. The predicted molar refractivity (Wildman–Crippen MR) is 57.1 cm³/mol. The molecule has 1 aromatic heterocycles. The summed E-state index contributed by atoms with van der Waals surface area (Å²) >= 11 is 5.16. The van der Waals surface area contributed by atoms with Crippen molar-refractivity contribution in [2.24, 2.45) is 5.10 Å². The average molecular weight is 245 g/mol. The second kappa shape index (κ2) is 3.58. The molecule has 0 saturated carbocycles. The molecule has 0 amide bonds. The molecule has 2 rings (SSSR count). The van der Waals surface area contributed by atoms with Crippen molar-refractivity contribution in [3.63, 3.8) is 0 Å². The monoisotopic (exact) mass is 244 g/mol. The van der Waals surface area contributed by atoms with Crippen LogP contribution in [0.1, 0.15) is 12.8 Å². The zero-order valence-corrected chi connectivity index (χ0v) is 8.94. The first kappa shape index (κ1) is 8.26. The highest BCUT2D eigenvalue weighted by atomic mass is 79.9. The van der Waals surface area contributed by atoms with Crippen LogP contribution in [0.4, 0.5) is 5.00 Å². The number of hydrazone groups is 1. The molecule has 2 nitrogen and oxygen atoms in total. The maximum atomic E-state index is 4.31. The molecule has 0 aliphatic carbocycles. The van der Waals surface area contributed by atoms with Gasteiger partial charge in [0.15, 0.2) is 0 Å². The van der Waals surface area contributed by atoms with Crippen LogP contribution in [0.5, 0.6) is 0 Å². The topological polar surface area (TPSA) is 15.6 Å². The summed E-state index contributed by atoms with van der Waals surface area (Å²) in [7, 11) is 0. The Morgan fingerprint density at radius 2 is 2.42 bits per heavy atom. The normalized spacial score (nSPS) is 16.9. The van der Waals surface area contributed by atoms with Crippen molar-refractivity contribution in [2.75, 3.05) is 11.6 Å². The predicted octanol–water partition coefficient (Wildman–Crippen LogP) is 3.10. The molecule has 0 fully saturated rings. The number of hydrogen-bond donors (Lipinski definition) is 0. The largest absolute Gasteiger partial charge is 0.256 e. The second-order valence-corrected chi connectivity index (χ2v) is 5.08. The Kier molecular flexibility index (Phi) is 2.46. The molecule has 64 valence electrons. The minimum atomic E-state index is 1.05. The van der Waals surface area contributed by atoms with Gasteiger partial charge in [-0.1, -0.05) is 0 Å². The number of halogens is 1. The van der Waals surface area contributed by atoms with Crippen LogP contribution in [0, 0.1) is 0 Å². The van der Waals surface area contributed by atoms with E-state index in [4.69, 9.17) is 0 Å². The smallest absolute Gasteiger partial charge is 0.113 e. The van der Waals surface area contributed by atoms with E-state index in [1.807, 2.05) is 6.21 Å². The van der Waals surface area contributed by atoms with Gasteiger partial charge >= 0.3 is 0 Å². The molecule has 0 saturated heterocycles. The van der Waals surface area contributed by atoms with Crippen molar-refractivity contribution in [2.45, 2.75) is 12.8 Å². The maximum Gasteiger partial charge on any atom is 0.113 e. The number of thiophene rings is 1. The van der Waals surface area contributed by atoms with Gasteiger partial charge in [0.2, 0.25) is 0 Å². The van der Waals surface area contributed by atoms with Crippen LogP contribution >= 0.6 is 27.3 Å². The SMILES string of the molecule is Brc1ccc(N2CCCC=N2)s1. The third kappa shape index (κ3) is 1.69. The summed E-state index contributed by atoms with van der Waals surface area (Å²) in [6, 6.07) is 4.15. The van der Waals surface area contributed by atoms with Gasteiger partial charge < -0.3 is 0 Å². The molecule has 0 unspecified atom stereocenters. The maximum absolute atomic E-state index is 4.31. The molecule has 1 aromatic rings. The molecular formula is C8H9BrN2S. The van der Waals surface area contributed by atoms with E-state index in [0.717, 1.165) is 13.0 Å². The lowest BCUT2D eigenvalue weighted by Crippen LogP contribution is -2.20. The van der Waals surface area contributed by atoms with Gasteiger partial charge in [-0.25, -0.2) is 0 Å². The molecule has 0 atom stereocenters. The van der Waals surface area contributed by atoms with Gasteiger partial charge in [-0.05, 0) is 40.9 Å². The van der Waals surface area contributed by atoms with Crippen molar-refractivity contribution in [3.05, 3.63) is 15.9 Å². The third-order valence-electron chi connectivity index (χ3n) is 1.74. The lowest BCUT2D eigenvalue weighted by atomic mass is 10.3. The van der Waals surface area contributed by atoms with Crippen molar-refractivity contribution < 1.29 is 0 Å². The van der Waals surface area contributed by atoms with Crippen LogP contribution in [0.15, 0.2) is 21.0 Å². The molecule has 0 bridgehead atoms. The van der Waals surface area contributed by atoms with E-state index in [0.29, 0.717) is 0 Å². The van der Waals surface area contributed by atoms with Crippen molar-refractivity contribution in [1.82, 2.24) is 0 Å². The van der Waals surface area contributed by atoms with Crippen LogP contribution in [-0.2, 0) is 0 Å². The fourth-order valence-corrected chi connectivity index (χ4v) is 2.50. The summed E-state index contributed by atoms with van der Waals surface area (Å²) in [5.41, 5.74) is 0. The molecular weight excluding hydrogens is 236 g/mol. The quantitative estimate of drug-likeness (QED) is 0.742. The van der Waals surface area contributed by atoms with Gasteiger partial charge in [-0.15, -0.1) is 11.3 Å². The molecule has 0 spiro atoms. The summed E-state index contributed by atoms with van der Waals surface area (Å²) < 4.78 is 1.17. The summed E-state index contributed by atoms with van der Waals surface area (Å²) in [6.45, 7) is 1.05. The summed E-state index contributed by atoms with van der Waals surface area (Å²) in [4.78, 5) is 0. The van der Waals surface area contributed by atoms with Gasteiger partial charge in [0.05, 0.1) is 3.79 Å². The third-order valence-corrected chi connectivity index (χ3v) is 3.37. The molecule has 2 heterocycles. The summed E-state index contributed by atoms with van der Waals surface area (Å²) in [5, 5.41) is 7.59. The number of hydrogen-bond acceptors (Lipinski definition) is 3. The Balaban J connectivity index is 2.18. The first-order chi connectivity index (χ1) is 5.86. The van der Waals surface area contributed by atoms with Crippen LogP contribution in [0.2, 0.25) is 0 Å². The van der Waals surface area contributed by atoms with Crippen LogP contribution in [0.3, 0.4) is 0 Å². The molecule has 1 aliphatic heterocycles. The Morgan fingerprint density at radius 1 is 1.50 bits per heavy atom. The average Bonchev–Trinajstić information content (AvgIpc) is 2.54. The fourth-order valence-electron chi connectivity index (χ4n) is 1.16. The minimum Gasteiger partial charge on any atom is -0.256 e. The molecule has 4 heteroatoms. The summed E-state index contributed by atoms with van der Waals surface area (Å²) in [5.74, 6) is 0. The molecule has 0 N–H and O–H groups in total. The molecule has 12 heavy (non-hydrogen) atoms. The van der Waals surface area contributed by atoms with E-state index >= 15 is 0 Å². The zero-order chi connectivity index (χ0) is 8.39. The second-order valence-electron chi connectivity index (χ2n) is 2.64. The first-order valence-electron chi connectivity index (χ1n) is 3.91. The molecule has 0 aromatic carbocycles. The number of nitrogens with zero attached hydrogens (tertiary/aromatic N) is 2. The highest BCUT2D eigenvalue weighted by molar-refractivity contribution is 9.11. The minimum absolute atomic E-state index is 1.05. The van der Waals surface area contributed by atoms with Gasteiger partial charge in [-0.3, -0.25) is 5.01 Å². The van der Waals surface area contributed by atoms with E-state index in [1.54, 1.807) is 11.3 Å².